The van der Waals surface area contributed by atoms with E-state index in [4.69, 9.17) is 0 Å². The van der Waals surface area contributed by atoms with Crippen LogP contribution in [0.3, 0.4) is 0 Å². The number of hydrogen-bond donors (Lipinski definition) is 2. The summed E-state index contributed by atoms with van der Waals surface area (Å²) in [7, 11) is 1.93. The molecule has 1 aliphatic rings. The van der Waals surface area contributed by atoms with Gasteiger partial charge in [-0.25, -0.2) is 0 Å². The normalized spacial score (nSPS) is 13.2. The van der Waals surface area contributed by atoms with Crippen LogP contribution in [-0.2, 0) is 12.7 Å². The van der Waals surface area contributed by atoms with Crippen molar-refractivity contribution in [2.24, 2.45) is 0 Å². The molecule has 29 heavy (non-hydrogen) atoms. The molecule has 0 atom stereocenters. The van der Waals surface area contributed by atoms with Gasteiger partial charge in [-0.05, 0) is 42.8 Å². The summed E-state index contributed by atoms with van der Waals surface area (Å²) in [4.78, 5) is 13.7. The number of carbonyl (C=O) groups excluding carboxylic acids is 1. The fraction of sp³-hybridized carbons (Fsp3) is 0.318. The Morgan fingerprint density at radius 1 is 1.14 bits per heavy atom. The largest absolute Gasteiger partial charge is 0.416 e. The molecule has 3 rings (SSSR count). The second kappa shape index (κ2) is 9.49. The average Bonchev–Trinajstić information content (AvgIpc) is 3.13. The predicted molar refractivity (Wildman–Crippen MR) is 110 cm³/mol. The number of hydrogen-bond acceptors (Lipinski definition) is 4. The number of rotatable bonds is 5. The zero-order chi connectivity index (χ0) is 21.6. The third-order valence-corrected chi connectivity index (χ3v) is 4.35. The Morgan fingerprint density at radius 3 is 2.31 bits per heavy atom. The van der Waals surface area contributed by atoms with Crippen molar-refractivity contribution in [3.8, 4) is 0 Å². The molecule has 0 fully saturated rings. The summed E-state index contributed by atoms with van der Waals surface area (Å²) in [5.74, 6) is -0.0301. The highest BCUT2D eigenvalue weighted by molar-refractivity contribution is 5.96. The molecule has 0 aliphatic carbocycles. The minimum Gasteiger partial charge on any atom is -0.380 e. The third kappa shape index (κ3) is 5.76. The van der Waals surface area contributed by atoms with Gasteiger partial charge in [-0.2, -0.15) is 13.2 Å². The molecule has 2 N–H and O–H groups in total. The van der Waals surface area contributed by atoms with Crippen LogP contribution in [0, 0.1) is 0 Å². The van der Waals surface area contributed by atoms with E-state index in [0.717, 1.165) is 34.6 Å². The van der Waals surface area contributed by atoms with E-state index in [2.05, 4.69) is 10.6 Å². The van der Waals surface area contributed by atoms with Crippen LogP contribution in [-0.4, -0.2) is 24.4 Å². The molecular weight excluding hydrogens is 379 g/mol. The molecule has 0 saturated heterocycles. The molecule has 0 aromatic heterocycles. The first-order valence-electron chi connectivity index (χ1n) is 9.45. The number of halogens is 3. The summed E-state index contributed by atoms with van der Waals surface area (Å²) in [5.41, 5.74) is 3.20. The van der Waals surface area contributed by atoms with Crippen LogP contribution >= 0.6 is 0 Å². The van der Waals surface area contributed by atoms with Gasteiger partial charge in [0.2, 0.25) is 0 Å². The van der Waals surface area contributed by atoms with E-state index in [1.54, 1.807) is 6.07 Å². The van der Waals surface area contributed by atoms with Crippen LogP contribution in [0.4, 0.5) is 18.9 Å². The van der Waals surface area contributed by atoms with Crippen molar-refractivity contribution in [1.29, 1.82) is 0 Å². The second-order valence-electron chi connectivity index (χ2n) is 6.50. The van der Waals surface area contributed by atoms with E-state index < -0.39 is 11.7 Å². The van der Waals surface area contributed by atoms with Gasteiger partial charge in [0.15, 0.2) is 5.78 Å². The standard InChI is InChI=1S/C20H20F3N3O.C2H6/c1-13(27)15-5-8-18(17(9-15)19-11-26(2)12-25-19)24-10-14-3-6-16(7-4-14)20(21,22)23;1-2/h3-9,11,24-25H,10,12H2,1-2H3;1-2H3. The Bertz CT molecular complexity index is 874. The highest BCUT2D eigenvalue weighted by Gasteiger charge is 2.29. The van der Waals surface area contributed by atoms with Gasteiger partial charge in [0.25, 0.3) is 0 Å². The minimum absolute atomic E-state index is 0.0301. The van der Waals surface area contributed by atoms with Gasteiger partial charge in [0.05, 0.1) is 17.9 Å². The topological polar surface area (TPSA) is 44.4 Å². The molecule has 4 nitrogen and oxygen atoms in total. The molecule has 0 amide bonds. The van der Waals surface area contributed by atoms with E-state index in [9.17, 15) is 18.0 Å². The van der Waals surface area contributed by atoms with Crippen molar-refractivity contribution < 1.29 is 18.0 Å². The smallest absolute Gasteiger partial charge is 0.380 e. The lowest BCUT2D eigenvalue weighted by atomic mass is 10.0. The molecular formula is C22H26F3N3O. The van der Waals surface area contributed by atoms with Crippen LogP contribution in [0.2, 0.25) is 0 Å². The third-order valence-electron chi connectivity index (χ3n) is 4.35. The van der Waals surface area contributed by atoms with Crippen LogP contribution in [0.1, 0.15) is 47.8 Å². The van der Waals surface area contributed by atoms with Crippen molar-refractivity contribution in [1.82, 2.24) is 10.2 Å². The van der Waals surface area contributed by atoms with Crippen LogP contribution < -0.4 is 10.6 Å². The fourth-order valence-corrected chi connectivity index (χ4v) is 2.84. The Labute approximate surface area is 169 Å². The number of alkyl halides is 3. The summed E-state index contributed by atoms with van der Waals surface area (Å²) >= 11 is 0. The molecule has 2 aromatic carbocycles. The maximum atomic E-state index is 12.7. The van der Waals surface area contributed by atoms with Gasteiger partial charge in [-0.3, -0.25) is 4.79 Å². The Balaban J connectivity index is 0.00000145. The highest BCUT2D eigenvalue weighted by atomic mass is 19.4. The molecule has 1 aliphatic heterocycles. The van der Waals surface area contributed by atoms with Gasteiger partial charge in [0.1, 0.15) is 0 Å². The molecule has 0 radical (unpaired) electrons. The van der Waals surface area contributed by atoms with E-state index >= 15 is 0 Å². The van der Waals surface area contributed by atoms with Gasteiger partial charge < -0.3 is 15.5 Å². The summed E-state index contributed by atoms with van der Waals surface area (Å²) in [5, 5.41) is 6.52. The minimum atomic E-state index is -4.34. The Hall–Kier alpha value is -2.96. The number of benzene rings is 2. The van der Waals surface area contributed by atoms with Crippen LogP contribution in [0.25, 0.3) is 5.70 Å². The highest BCUT2D eigenvalue weighted by Crippen LogP contribution is 2.30. The molecule has 0 bridgehead atoms. The van der Waals surface area contributed by atoms with Crippen LogP contribution in [0.5, 0.6) is 0 Å². The van der Waals surface area contributed by atoms with Crippen molar-refractivity contribution >= 4 is 17.2 Å². The van der Waals surface area contributed by atoms with E-state index in [-0.39, 0.29) is 5.78 Å². The summed E-state index contributed by atoms with van der Waals surface area (Å²) in [6.07, 6.45) is -2.39. The van der Waals surface area contributed by atoms with Gasteiger partial charge >= 0.3 is 6.18 Å². The zero-order valence-corrected chi connectivity index (χ0v) is 17.0. The average molecular weight is 405 g/mol. The number of carbonyl (C=O) groups is 1. The van der Waals surface area contributed by atoms with Crippen molar-refractivity contribution in [2.75, 3.05) is 19.0 Å². The molecule has 0 unspecified atom stereocenters. The van der Waals surface area contributed by atoms with Gasteiger partial charge in [-0.1, -0.05) is 26.0 Å². The molecule has 0 saturated carbocycles. The lowest BCUT2D eigenvalue weighted by molar-refractivity contribution is -0.137. The van der Waals surface area contributed by atoms with Crippen molar-refractivity contribution in [3.05, 3.63) is 70.9 Å². The molecule has 0 spiro atoms. The number of nitrogens with one attached hydrogen (secondary N) is 2. The monoisotopic (exact) mass is 405 g/mol. The summed E-state index contributed by atoms with van der Waals surface area (Å²) in [6, 6.07) is 10.4. The maximum Gasteiger partial charge on any atom is 0.416 e. The second-order valence-corrected chi connectivity index (χ2v) is 6.50. The van der Waals surface area contributed by atoms with Gasteiger partial charge in [-0.15, -0.1) is 0 Å². The van der Waals surface area contributed by atoms with E-state index in [1.807, 2.05) is 44.1 Å². The number of nitrogens with zero attached hydrogens (tertiary/aromatic N) is 1. The quantitative estimate of drug-likeness (QED) is 0.660. The lowest BCUT2D eigenvalue weighted by Crippen LogP contribution is -2.17. The molecule has 156 valence electrons. The molecule has 2 aromatic rings. The molecule has 1 heterocycles. The predicted octanol–water partition coefficient (Wildman–Crippen LogP) is 5.34. The Kier molecular flexibility index (Phi) is 7.31. The first-order valence-corrected chi connectivity index (χ1v) is 9.45. The van der Waals surface area contributed by atoms with Gasteiger partial charge in [0, 0.05) is 36.6 Å². The number of anilines is 1. The van der Waals surface area contributed by atoms with E-state index in [0.29, 0.717) is 18.8 Å². The van der Waals surface area contributed by atoms with Crippen LogP contribution in [0.15, 0.2) is 48.7 Å². The fourth-order valence-electron chi connectivity index (χ4n) is 2.84. The Morgan fingerprint density at radius 2 is 1.79 bits per heavy atom. The maximum absolute atomic E-state index is 12.7. The van der Waals surface area contributed by atoms with Crippen molar-refractivity contribution in [3.63, 3.8) is 0 Å². The van der Waals surface area contributed by atoms with Crippen molar-refractivity contribution in [2.45, 2.75) is 33.5 Å². The van der Waals surface area contributed by atoms with E-state index in [1.165, 1.54) is 19.1 Å². The lowest BCUT2D eigenvalue weighted by Gasteiger charge is -2.15. The zero-order valence-electron chi connectivity index (χ0n) is 17.0. The molecule has 7 heteroatoms. The SMILES string of the molecule is CC.CC(=O)c1ccc(NCc2ccc(C(F)(F)F)cc2)c(C2=CN(C)CN2)c1. The first kappa shape index (κ1) is 22.3. The summed E-state index contributed by atoms with van der Waals surface area (Å²) < 4.78 is 38.0. The number of Topliss-reactive ketones (excluding diaryl/α,β-unsaturated/α-hetero) is 1. The summed E-state index contributed by atoms with van der Waals surface area (Å²) in [6.45, 7) is 6.54. The first-order chi connectivity index (χ1) is 13.7. The number of ketones is 1.